The predicted octanol–water partition coefficient (Wildman–Crippen LogP) is 3.29. The van der Waals surface area contributed by atoms with Gasteiger partial charge < -0.3 is 0 Å². The van der Waals surface area contributed by atoms with E-state index in [1.165, 1.54) is 5.56 Å². The molecule has 0 bridgehead atoms. The monoisotopic (exact) mass is 257 g/mol. The Morgan fingerprint density at radius 3 is 2.61 bits per heavy atom. The number of aryl methyl sites for hydroxylation is 1. The first kappa shape index (κ1) is 11.6. The molecule has 0 atom stereocenters. The maximum absolute atomic E-state index is 12.5. The minimum atomic E-state index is -0.210. The van der Waals surface area contributed by atoms with Gasteiger partial charge in [-0.2, -0.15) is 0 Å². The molecule has 1 aliphatic rings. The Balaban J connectivity index is 1.81. The fourth-order valence-corrected chi connectivity index (χ4v) is 3.05. The van der Waals surface area contributed by atoms with E-state index in [0.717, 1.165) is 23.5 Å². The molecular formula is C15H15NOS. The molecule has 3 rings (SSSR count). The second kappa shape index (κ2) is 4.32. The molecule has 0 N–H and O–H groups in total. The quantitative estimate of drug-likeness (QED) is 0.841. The SMILES string of the molecule is Cc1nc(CC(=O)C2(c3ccccc3)CC2)cs1. The molecule has 1 heterocycles. The van der Waals surface area contributed by atoms with Crippen LogP contribution in [0.1, 0.15) is 29.1 Å². The van der Waals surface area contributed by atoms with E-state index in [1.807, 2.05) is 30.5 Å². The van der Waals surface area contributed by atoms with Gasteiger partial charge in [-0.3, -0.25) is 4.79 Å². The number of nitrogens with zero attached hydrogens (tertiary/aromatic N) is 1. The van der Waals surface area contributed by atoms with E-state index >= 15 is 0 Å². The van der Waals surface area contributed by atoms with E-state index in [4.69, 9.17) is 0 Å². The summed E-state index contributed by atoms with van der Waals surface area (Å²) < 4.78 is 0. The molecule has 0 unspecified atom stereocenters. The van der Waals surface area contributed by atoms with E-state index in [1.54, 1.807) is 11.3 Å². The molecule has 3 heteroatoms. The zero-order valence-corrected chi connectivity index (χ0v) is 11.2. The van der Waals surface area contributed by atoms with Crippen LogP contribution in [0.3, 0.4) is 0 Å². The van der Waals surface area contributed by atoms with Crippen molar-refractivity contribution in [2.45, 2.75) is 31.6 Å². The molecular weight excluding hydrogens is 242 g/mol. The van der Waals surface area contributed by atoms with Crippen LogP contribution >= 0.6 is 11.3 Å². The van der Waals surface area contributed by atoms with Crippen molar-refractivity contribution >= 4 is 17.1 Å². The van der Waals surface area contributed by atoms with Crippen LogP contribution in [0.15, 0.2) is 35.7 Å². The van der Waals surface area contributed by atoms with E-state index < -0.39 is 0 Å². The average Bonchev–Trinajstić information content (AvgIpc) is 3.10. The van der Waals surface area contributed by atoms with E-state index in [-0.39, 0.29) is 5.41 Å². The van der Waals surface area contributed by atoms with Crippen LogP contribution in [0, 0.1) is 6.92 Å². The summed E-state index contributed by atoms with van der Waals surface area (Å²) in [5.74, 6) is 0.319. The highest BCUT2D eigenvalue weighted by atomic mass is 32.1. The Labute approximate surface area is 111 Å². The highest BCUT2D eigenvalue weighted by molar-refractivity contribution is 7.09. The molecule has 1 aliphatic carbocycles. The van der Waals surface area contributed by atoms with Crippen molar-refractivity contribution in [3.63, 3.8) is 0 Å². The molecule has 1 aromatic carbocycles. The molecule has 0 spiro atoms. The molecule has 0 amide bonds. The second-order valence-electron chi connectivity index (χ2n) is 4.91. The normalized spacial score (nSPS) is 16.5. The largest absolute Gasteiger partial charge is 0.298 e. The van der Waals surface area contributed by atoms with Gasteiger partial charge in [-0.25, -0.2) is 4.98 Å². The molecule has 0 saturated heterocycles. The van der Waals surface area contributed by atoms with Crippen LogP contribution in [0.2, 0.25) is 0 Å². The summed E-state index contributed by atoms with van der Waals surface area (Å²) in [4.78, 5) is 16.9. The Kier molecular flexibility index (Phi) is 2.78. The molecule has 1 saturated carbocycles. The first-order chi connectivity index (χ1) is 8.71. The van der Waals surface area contributed by atoms with Gasteiger partial charge >= 0.3 is 0 Å². The second-order valence-corrected chi connectivity index (χ2v) is 5.97. The number of ketones is 1. The summed E-state index contributed by atoms with van der Waals surface area (Å²) in [6.45, 7) is 1.97. The van der Waals surface area contributed by atoms with Crippen LogP contribution in [-0.4, -0.2) is 10.8 Å². The predicted molar refractivity (Wildman–Crippen MR) is 72.9 cm³/mol. The number of Topliss-reactive ketones (excluding diaryl/α,β-unsaturated/α-hetero) is 1. The van der Waals surface area contributed by atoms with Gasteiger partial charge in [0.25, 0.3) is 0 Å². The van der Waals surface area contributed by atoms with Gasteiger partial charge in [-0.05, 0) is 25.3 Å². The molecule has 1 fully saturated rings. The van der Waals surface area contributed by atoms with Crippen molar-refractivity contribution in [2.75, 3.05) is 0 Å². The third-order valence-electron chi connectivity index (χ3n) is 3.62. The summed E-state index contributed by atoms with van der Waals surface area (Å²) in [6.07, 6.45) is 2.44. The smallest absolute Gasteiger partial charge is 0.149 e. The molecule has 0 radical (unpaired) electrons. The molecule has 1 aromatic heterocycles. The minimum Gasteiger partial charge on any atom is -0.298 e. The van der Waals surface area contributed by atoms with Gasteiger partial charge in [0.1, 0.15) is 5.78 Å². The van der Waals surface area contributed by atoms with Gasteiger partial charge in [0, 0.05) is 5.38 Å². The highest BCUT2D eigenvalue weighted by Crippen LogP contribution is 2.49. The molecule has 18 heavy (non-hydrogen) atoms. The fraction of sp³-hybridized carbons (Fsp3) is 0.333. The van der Waals surface area contributed by atoms with Gasteiger partial charge in [0.15, 0.2) is 0 Å². The van der Waals surface area contributed by atoms with Crippen LogP contribution in [0.4, 0.5) is 0 Å². The topological polar surface area (TPSA) is 30.0 Å². The zero-order chi connectivity index (χ0) is 12.6. The van der Waals surface area contributed by atoms with Crippen molar-refractivity contribution < 1.29 is 4.79 Å². The highest BCUT2D eigenvalue weighted by Gasteiger charge is 2.50. The van der Waals surface area contributed by atoms with Crippen molar-refractivity contribution in [1.29, 1.82) is 0 Å². The molecule has 2 aromatic rings. The Bertz CT molecular complexity index is 569. The number of hydrogen-bond acceptors (Lipinski definition) is 3. The lowest BCUT2D eigenvalue weighted by molar-refractivity contribution is -0.120. The lowest BCUT2D eigenvalue weighted by atomic mass is 9.89. The number of benzene rings is 1. The Hall–Kier alpha value is -1.48. The van der Waals surface area contributed by atoms with Gasteiger partial charge in [-0.1, -0.05) is 30.3 Å². The van der Waals surface area contributed by atoms with Crippen molar-refractivity contribution in [2.24, 2.45) is 0 Å². The fourth-order valence-electron chi connectivity index (χ4n) is 2.43. The number of thiazole rings is 1. The van der Waals surface area contributed by atoms with E-state index in [9.17, 15) is 4.79 Å². The number of aromatic nitrogens is 1. The number of rotatable bonds is 4. The lowest BCUT2D eigenvalue weighted by Gasteiger charge is -2.13. The molecule has 2 nitrogen and oxygen atoms in total. The van der Waals surface area contributed by atoms with Crippen LogP contribution in [-0.2, 0) is 16.6 Å². The van der Waals surface area contributed by atoms with Crippen molar-refractivity contribution in [1.82, 2.24) is 4.98 Å². The number of carbonyl (C=O) groups is 1. The van der Waals surface area contributed by atoms with Gasteiger partial charge in [-0.15, -0.1) is 11.3 Å². The summed E-state index contributed by atoms with van der Waals surface area (Å²) in [5.41, 5.74) is 1.88. The first-order valence-electron chi connectivity index (χ1n) is 6.20. The average molecular weight is 257 g/mol. The molecule has 0 aliphatic heterocycles. The Morgan fingerprint density at radius 2 is 2.06 bits per heavy atom. The third-order valence-corrected chi connectivity index (χ3v) is 4.44. The van der Waals surface area contributed by atoms with Crippen LogP contribution in [0.25, 0.3) is 0 Å². The maximum atomic E-state index is 12.5. The van der Waals surface area contributed by atoms with Crippen LogP contribution in [0.5, 0.6) is 0 Å². The van der Waals surface area contributed by atoms with Gasteiger partial charge in [0.05, 0.1) is 22.5 Å². The van der Waals surface area contributed by atoms with Crippen LogP contribution < -0.4 is 0 Å². The third kappa shape index (κ3) is 1.99. The number of hydrogen-bond donors (Lipinski definition) is 0. The number of carbonyl (C=O) groups excluding carboxylic acids is 1. The maximum Gasteiger partial charge on any atom is 0.149 e. The van der Waals surface area contributed by atoms with Crippen molar-refractivity contribution in [3.8, 4) is 0 Å². The van der Waals surface area contributed by atoms with Gasteiger partial charge in [0.2, 0.25) is 0 Å². The summed E-state index contributed by atoms with van der Waals surface area (Å²) in [5, 5.41) is 3.02. The Morgan fingerprint density at radius 1 is 1.33 bits per heavy atom. The zero-order valence-electron chi connectivity index (χ0n) is 10.3. The summed E-state index contributed by atoms with van der Waals surface area (Å²) in [6, 6.07) is 10.1. The summed E-state index contributed by atoms with van der Waals surface area (Å²) in [7, 11) is 0. The lowest BCUT2D eigenvalue weighted by Crippen LogP contribution is -2.22. The minimum absolute atomic E-state index is 0.210. The van der Waals surface area contributed by atoms with E-state index in [0.29, 0.717) is 12.2 Å². The van der Waals surface area contributed by atoms with E-state index in [2.05, 4.69) is 17.1 Å². The standard InChI is InChI=1S/C15H15NOS/c1-11-16-13(10-18-11)9-14(17)15(7-8-15)12-5-3-2-4-6-12/h2-6,10H,7-9H2,1H3. The first-order valence-corrected chi connectivity index (χ1v) is 7.08. The summed E-state index contributed by atoms with van der Waals surface area (Å²) >= 11 is 1.61. The van der Waals surface area contributed by atoms with Crippen molar-refractivity contribution in [3.05, 3.63) is 52.0 Å². The molecule has 92 valence electrons.